The van der Waals surface area contributed by atoms with E-state index in [4.69, 9.17) is 0 Å². The molecule has 0 radical (unpaired) electrons. The van der Waals surface area contributed by atoms with Gasteiger partial charge in [-0.3, -0.25) is 0 Å². The predicted molar refractivity (Wildman–Crippen MR) is 58.7 cm³/mol. The fourth-order valence-electron chi connectivity index (χ4n) is 3.43. The van der Waals surface area contributed by atoms with Gasteiger partial charge in [0.1, 0.15) is 0 Å². The van der Waals surface area contributed by atoms with Crippen molar-refractivity contribution in [1.29, 1.82) is 0 Å². The molecule has 3 nitrogen and oxygen atoms in total. The molecule has 3 fully saturated rings. The normalized spacial score (nSPS) is 34.9. The largest absolute Gasteiger partial charge is 0.325 e. The summed E-state index contributed by atoms with van der Waals surface area (Å²) in [6.45, 7) is 3.03. The molecule has 0 spiro atoms. The average Bonchev–Trinajstić information content (AvgIpc) is 2.91. The number of piperidine rings is 2. The minimum absolute atomic E-state index is 0.335. The molecule has 2 bridgehead atoms. The number of rotatable bonds is 0. The van der Waals surface area contributed by atoms with Crippen LogP contribution in [-0.2, 0) is 0 Å². The maximum atomic E-state index is 12.2. The number of hydrogen-bond acceptors (Lipinski definition) is 1. The highest BCUT2D eigenvalue weighted by Gasteiger charge is 2.41. The first-order valence-electron chi connectivity index (χ1n) is 6.40. The van der Waals surface area contributed by atoms with Gasteiger partial charge in [-0.2, -0.15) is 0 Å². The van der Waals surface area contributed by atoms with E-state index < -0.39 is 0 Å². The van der Waals surface area contributed by atoms with Gasteiger partial charge in [0.15, 0.2) is 0 Å². The van der Waals surface area contributed by atoms with Gasteiger partial charge in [-0.15, -0.1) is 0 Å². The summed E-state index contributed by atoms with van der Waals surface area (Å²) in [7, 11) is 0. The van der Waals surface area contributed by atoms with Gasteiger partial charge in [-0.25, -0.2) is 4.79 Å². The Morgan fingerprint density at radius 2 is 1.87 bits per heavy atom. The molecule has 2 aliphatic heterocycles. The van der Waals surface area contributed by atoms with Crippen molar-refractivity contribution in [3.8, 4) is 0 Å². The minimum Gasteiger partial charge on any atom is -0.325 e. The topological polar surface area (TPSA) is 23.6 Å². The third-order valence-electron chi connectivity index (χ3n) is 4.28. The molecule has 2 unspecified atom stereocenters. The van der Waals surface area contributed by atoms with Crippen molar-refractivity contribution in [2.45, 2.75) is 44.6 Å². The molecule has 84 valence electrons. The fraction of sp³-hybridized carbons (Fsp3) is 0.917. The Balaban J connectivity index is 1.64. The van der Waals surface area contributed by atoms with Crippen molar-refractivity contribution in [1.82, 2.24) is 9.80 Å². The Labute approximate surface area is 91.4 Å². The first-order valence-corrected chi connectivity index (χ1v) is 6.40. The van der Waals surface area contributed by atoms with E-state index >= 15 is 0 Å². The van der Waals surface area contributed by atoms with Gasteiger partial charge < -0.3 is 9.80 Å². The van der Waals surface area contributed by atoms with Crippen molar-refractivity contribution in [2.75, 3.05) is 19.6 Å². The summed E-state index contributed by atoms with van der Waals surface area (Å²) in [5.74, 6) is 0.823. The van der Waals surface area contributed by atoms with Crippen molar-refractivity contribution in [3.63, 3.8) is 0 Å². The molecular weight excluding hydrogens is 188 g/mol. The van der Waals surface area contributed by atoms with E-state index in [-0.39, 0.29) is 0 Å². The van der Waals surface area contributed by atoms with Gasteiger partial charge >= 0.3 is 6.03 Å². The number of carbonyl (C=O) groups is 1. The standard InChI is InChI=1S/C12H20N2O/c15-12(13-6-2-1-3-7-13)14-9-10-4-5-11(14)8-10/h10-11H,1-9H2. The Bertz CT molecular complexity index is 260. The van der Waals surface area contributed by atoms with E-state index in [1.807, 2.05) is 0 Å². The zero-order valence-electron chi connectivity index (χ0n) is 9.32. The highest BCUT2D eigenvalue weighted by molar-refractivity contribution is 5.75. The highest BCUT2D eigenvalue weighted by atomic mass is 16.2. The van der Waals surface area contributed by atoms with Crippen molar-refractivity contribution < 1.29 is 4.79 Å². The molecule has 1 saturated carbocycles. The van der Waals surface area contributed by atoms with Crippen LogP contribution in [0.15, 0.2) is 0 Å². The first kappa shape index (κ1) is 9.49. The van der Waals surface area contributed by atoms with E-state index in [2.05, 4.69) is 9.80 Å². The van der Waals surface area contributed by atoms with E-state index in [0.717, 1.165) is 25.6 Å². The van der Waals surface area contributed by atoms with Crippen molar-refractivity contribution in [2.24, 2.45) is 5.92 Å². The maximum Gasteiger partial charge on any atom is 0.320 e. The number of nitrogens with zero attached hydrogens (tertiary/aromatic N) is 2. The summed E-state index contributed by atoms with van der Waals surface area (Å²) in [5, 5.41) is 0. The smallest absolute Gasteiger partial charge is 0.320 e. The lowest BCUT2D eigenvalue weighted by Crippen LogP contribution is -2.48. The second kappa shape index (κ2) is 3.69. The molecule has 0 aromatic rings. The monoisotopic (exact) mass is 208 g/mol. The van der Waals surface area contributed by atoms with E-state index in [1.54, 1.807) is 0 Å². The van der Waals surface area contributed by atoms with Crippen LogP contribution in [0.2, 0.25) is 0 Å². The summed E-state index contributed by atoms with van der Waals surface area (Å²) in [4.78, 5) is 16.5. The van der Waals surface area contributed by atoms with Crippen LogP contribution in [0.3, 0.4) is 0 Å². The first-order chi connectivity index (χ1) is 7.34. The van der Waals surface area contributed by atoms with Crippen LogP contribution in [0.25, 0.3) is 0 Å². The van der Waals surface area contributed by atoms with Crippen molar-refractivity contribution >= 4 is 6.03 Å². The van der Waals surface area contributed by atoms with Crippen LogP contribution in [-0.4, -0.2) is 41.5 Å². The SMILES string of the molecule is O=C(N1CCCCC1)N1CC2CCC1C2. The highest BCUT2D eigenvalue weighted by Crippen LogP contribution is 2.38. The molecular formula is C12H20N2O. The Morgan fingerprint density at radius 1 is 1.07 bits per heavy atom. The van der Waals surface area contributed by atoms with Crippen LogP contribution in [0.5, 0.6) is 0 Å². The third-order valence-corrected chi connectivity index (χ3v) is 4.28. The summed E-state index contributed by atoms with van der Waals surface area (Å²) in [6.07, 6.45) is 7.59. The van der Waals surface area contributed by atoms with Gasteiger partial charge in [-0.05, 0) is 44.4 Å². The van der Waals surface area contributed by atoms with Crippen LogP contribution >= 0.6 is 0 Å². The zero-order chi connectivity index (χ0) is 10.3. The van der Waals surface area contributed by atoms with Gasteiger partial charge in [0.25, 0.3) is 0 Å². The second-order valence-corrected chi connectivity index (χ2v) is 5.32. The summed E-state index contributed by atoms with van der Waals surface area (Å²) < 4.78 is 0. The average molecular weight is 208 g/mol. The molecule has 0 aromatic carbocycles. The molecule has 3 aliphatic rings. The van der Waals surface area contributed by atoms with Crippen LogP contribution in [0.4, 0.5) is 4.79 Å². The fourth-order valence-corrected chi connectivity index (χ4v) is 3.43. The number of likely N-dealkylation sites (tertiary alicyclic amines) is 2. The molecule has 0 aromatic heterocycles. The lowest BCUT2D eigenvalue weighted by atomic mass is 10.1. The Kier molecular flexibility index (Phi) is 2.33. The maximum absolute atomic E-state index is 12.2. The molecule has 2 heterocycles. The van der Waals surface area contributed by atoms with Crippen molar-refractivity contribution in [3.05, 3.63) is 0 Å². The van der Waals surface area contributed by atoms with Gasteiger partial charge in [0.05, 0.1) is 0 Å². The van der Waals surface area contributed by atoms with E-state index in [0.29, 0.717) is 12.1 Å². The van der Waals surface area contributed by atoms with Gasteiger partial charge in [0, 0.05) is 25.7 Å². The van der Waals surface area contributed by atoms with E-state index in [1.165, 1.54) is 38.5 Å². The lowest BCUT2D eigenvalue weighted by Gasteiger charge is -2.35. The summed E-state index contributed by atoms with van der Waals surface area (Å²) in [5.41, 5.74) is 0. The van der Waals surface area contributed by atoms with Crippen LogP contribution in [0.1, 0.15) is 38.5 Å². The molecule has 3 rings (SSSR count). The van der Waals surface area contributed by atoms with E-state index in [9.17, 15) is 4.79 Å². The summed E-state index contributed by atoms with van der Waals surface area (Å²) >= 11 is 0. The number of hydrogen-bond donors (Lipinski definition) is 0. The number of fused-ring (bicyclic) bond motifs is 2. The van der Waals surface area contributed by atoms with Crippen LogP contribution in [0, 0.1) is 5.92 Å². The minimum atomic E-state index is 0.335. The molecule has 2 atom stereocenters. The molecule has 2 amide bonds. The number of urea groups is 1. The molecule has 2 saturated heterocycles. The van der Waals surface area contributed by atoms with Crippen LogP contribution < -0.4 is 0 Å². The lowest BCUT2D eigenvalue weighted by molar-refractivity contribution is 0.130. The van der Waals surface area contributed by atoms with Gasteiger partial charge in [0.2, 0.25) is 0 Å². The number of carbonyl (C=O) groups excluding carboxylic acids is 1. The second-order valence-electron chi connectivity index (χ2n) is 5.32. The molecule has 0 N–H and O–H groups in total. The molecule has 1 aliphatic carbocycles. The quantitative estimate of drug-likeness (QED) is 0.598. The third kappa shape index (κ3) is 1.62. The molecule has 15 heavy (non-hydrogen) atoms. The predicted octanol–water partition coefficient (Wildman–Crippen LogP) is 2.08. The Morgan fingerprint density at radius 3 is 2.47 bits per heavy atom. The van der Waals surface area contributed by atoms with Gasteiger partial charge in [-0.1, -0.05) is 0 Å². The number of amides is 2. The molecule has 3 heteroatoms. The Hall–Kier alpha value is -0.730. The summed E-state index contributed by atoms with van der Waals surface area (Å²) in [6, 6.07) is 0.923. The zero-order valence-corrected chi connectivity index (χ0v) is 9.32.